The zero-order valence-corrected chi connectivity index (χ0v) is 18.7. The number of halogens is 1. The Labute approximate surface area is 187 Å². The number of benzene rings is 2. The smallest absolute Gasteiger partial charge is 0.227 e. The van der Waals surface area contributed by atoms with Crippen LogP contribution < -0.4 is 5.32 Å². The highest BCUT2D eigenvalue weighted by molar-refractivity contribution is 6.33. The molecule has 0 radical (unpaired) electrons. The zero-order chi connectivity index (χ0) is 21.5. The summed E-state index contributed by atoms with van der Waals surface area (Å²) in [6, 6.07) is 14.5. The molecule has 156 valence electrons. The van der Waals surface area contributed by atoms with Crippen molar-refractivity contribution in [2.45, 2.75) is 33.1 Å². The number of rotatable bonds is 4. The Morgan fingerprint density at radius 1 is 1.13 bits per heavy atom. The van der Waals surface area contributed by atoms with E-state index in [0.717, 1.165) is 53.2 Å². The maximum atomic E-state index is 6.48. The van der Waals surface area contributed by atoms with Crippen LogP contribution in [0, 0.1) is 6.92 Å². The highest BCUT2D eigenvalue weighted by Gasteiger charge is 2.27. The molecular weight excluding hydrogens is 406 g/mol. The molecule has 1 aliphatic rings. The van der Waals surface area contributed by atoms with Crippen LogP contribution >= 0.6 is 11.6 Å². The van der Waals surface area contributed by atoms with E-state index in [2.05, 4.69) is 54.5 Å². The second-order valence-electron chi connectivity index (χ2n) is 7.97. The Morgan fingerprint density at radius 2 is 1.97 bits per heavy atom. The molecule has 6 heteroatoms. The van der Waals surface area contributed by atoms with E-state index in [9.17, 15) is 0 Å². The summed E-state index contributed by atoms with van der Waals surface area (Å²) in [4.78, 5) is 9.49. The van der Waals surface area contributed by atoms with Crippen LogP contribution in [0.25, 0.3) is 22.5 Å². The van der Waals surface area contributed by atoms with E-state index in [4.69, 9.17) is 21.7 Å². The van der Waals surface area contributed by atoms with Crippen LogP contribution in [0.3, 0.4) is 0 Å². The lowest BCUT2D eigenvalue weighted by atomic mass is 9.90. The van der Waals surface area contributed by atoms with Crippen molar-refractivity contribution in [2.24, 2.45) is 7.05 Å². The largest absolute Gasteiger partial charge is 0.323 e. The van der Waals surface area contributed by atoms with E-state index in [-0.39, 0.29) is 0 Å². The molecule has 1 aliphatic carbocycles. The predicted octanol–water partition coefficient (Wildman–Crippen LogP) is 5.91. The first-order valence-electron chi connectivity index (χ1n) is 10.6. The molecule has 0 atom stereocenters. The molecule has 2 aromatic heterocycles. The minimum Gasteiger partial charge on any atom is -0.323 e. The number of nitrogens with zero attached hydrogens (tertiary/aromatic N) is 4. The standard InChI is InChI=1S/C25H24ClN5/c1-4-16-9-11-20(19(26)13-16)28-25-27-14-17-10-12-21-22(23(17)29-25)24(31(3)30-21)18-8-6-5-7-15(18)2/h5-9,11,13-14H,4,10,12H2,1-3H3,(H,27,28,29). The van der Waals surface area contributed by atoms with Crippen LogP contribution in [-0.4, -0.2) is 19.7 Å². The van der Waals surface area contributed by atoms with Crippen molar-refractivity contribution >= 4 is 23.2 Å². The van der Waals surface area contributed by atoms with Crippen LogP contribution in [-0.2, 0) is 26.3 Å². The van der Waals surface area contributed by atoms with Gasteiger partial charge in [-0.25, -0.2) is 9.97 Å². The summed E-state index contributed by atoms with van der Waals surface area (Å²) in [5.74, 6) is 0.539. The highest BCUT2D eigenvalue weighted by atomic mass is 35.5. The van der Waals surface area contributed by atoms with E-state index in [1.165, 1.54) is 16.7 Å². The number of hydrogen-bond donors (Lipinski definition) is 1. The molecule has 31 heavy (non-hydrogen) atoms. The minimum atomic E-state index is 0.539. The molecule has 0 unspecified atom stereocenters. The first kappa shape index (κ1) is 19.8. The summed E-state index contributed by atoms with van der Waals surface area (Å²) in [5.41, 5.74) is 9.79. The summed E-state index contributed by atoms with van der Waals surface area (Å²) in [5, 5.41) is 8.80. The Kier molecular flexibility index (Phi) is 4.98. The number of anilines is 2. The second-order valence-corrected chi connectivity index (χ2v) is 8.38. The van der Waals surface area contributed by atoms with Gasteiger partial charge in [-0.3, -0.25) is 4.68 Å². The van der Waals surface area contributed by atoms with Gasteiger partial charge in [-0.2, -0.15) is 5.10 Å². The monoisotopic (exact) mass is 429 g/mol. The van der Waals surface area contributed by atoms with Gasteiger partial charge in [0.25, 0.3) is 0 Å². The predicted molar refractivity (Wildman–Crippen MR) is 126 cm³/mol. The topological polar surface area (TPSA) is 55.6 Å². The number of aryl methyl sites for hydroxylation is 5. The fraction of sp³-hybridized carbons (Fsp3) is 0.240. The second kappa shape index (κ2) is 7.82. The Bertz CT molecular complexity index is 1290. The van der Waals surface area contributed by atoms with Gasteiger partial charge < -0.3 is 5.32 Å². The maximum absolute atomic E-state index is 6.48. The van der Waals surface area contributed by atoms with Crippen molar-refractivity contribution in [1.29, 1.82) is 0 Å². The Hall–Kier alpha value is -3.18. The Balaban J connectivity index is 1.60. The van der Waals surface area contributed by atoms with Crippen molar-refractivity contribution in [2.75, 3.05) is 5.32 Å². The molecule has 2 heterocycles. The highest BCUT2D eigenvalue weighted by Crippen LogP contribution is 2.40. The van der Waals surface area contributed by atoms with Gasteiger partial charge in [-0.15, -0.1) is 0 Å². The number of fused-ring (bicyclic) bond motifs is 3. The third-order valence-electron chi connectivity index (χ3n) is 5.94. The lowest BCUT2D eigenvalue weighted by molar-refractivity contribution is 0.741. The van der Waals surface area contributed by atoms with Gasteiger partial charge in [0.1, 0.15) is 0 Å². The van der Waals surface area contributed by atoms with Crippen LogP contribution in [0.1, 0.15) is 29.3 Å². The lowest BCUT2D eigenvalue weighted by Gasteiger charge is -2.18. The van der Waals surface area contributed by atoms with E-state index in [0.29, 0.717) is 11.0 Å². The summed E-state index contributed by atoms with van der Waals surface area (Å²) in [6.45, 7) is 4.25. The van der Waals surface area contributed by atoms with Gasteiger partial charge in [0, 0.05) is 24.4 Å². The lowest BCUT2D eigenvalue weighted by Crippen LogP contribution is -2.08. The molecule has 0 aliphatic heterocycles. The third kappa shape index (κ3) is 3.49. The molecule has 0 saturated heterocycles. The molecule has 0 saturated carbocycles. The van der Waals surface area contributed by atoms with Crippen molar-refractivity contribution in [3.8, 4) is 22.5 Å². The summed E-state index contributed by atoms with van der Waals surface area (Å²) in [7, 11) is 2.01. The van der Waals surface area contributed by atoms with Crippen molar-refractivity contribution in [3.63, 3.8) is 0 Å². The normalized spacial score (nSPS) is 12.4. The zero-order valence-electron chi connectivity index (χ0n) is 17.9. The third-order valence-corrected chi connectivity index (χ3v) is 6.25. The number of hydrogen-bond acceptors (Lipinski definition) is 4. The SMILES string of the molecule is CCc1ccc(Nc2ncc3c(n2)-c2c(nn(C)c2-c2ccccc2C)CC3)c(Cl)c1. The first-order valence-corrected chi connectivity index (χ1v) is 11.0. The van der Waals surface area contributed by atoms with Gasteiger partial charge in [0.2, 0.25) is 5.95 Å². The molecule has 0 amide bonds. The van der Waals surface area contributed by atoms with Gasteiger partial charge in [-0.05, 0) is 55.0 Å². The summed E-state index contributed by atoms with van der Waals surface area (Å²) >= 11 is 6.48. The quantitative estimate of drug-likeness (QED) is 0.438. The first-order chi connectivity index (χ1) is 15.0. The Morgan fingerprint density at radius 3 is 2.74 bits per heavy atom. The summed E-state index contributed by atoms with van der Waals surface area (Å²) in [6.07, 6.45) is 4.65. The average Bonchev–Trinajstić information content (AvgIpc) is 3.11. The molecule has 2 aromatic carbocycles. The van der Waals surface area contributed by atoms with E-state index in [1.807, 2.05) is 30.1 Å². The van der Waals surface area contributed by atoms with Gasteiger partial charge in [0.15, 0.2) is 0 Å². The molecule has 4 aromatic rings. The van der Waals surface area contributed by atoms with Crippen molar-refractivity contribution in [1.82, 2.24) is 19.7 Å². The van der Waals surface area contributed by atoms with Crippen LogP contribution in [0.4, 0.5) is 11.6 Å². The van der Waals surface area contributed by atoms with E-state index < -0.39 is 0 Å². The van der Waals surface area contributed by atoms with Gasteiger partial charge >= 0.3 is 0 Å². The van der Waals surface area contributed by atoms with Crippen LogP contribution in [0.5, 0.6) is 0 Å². The molecule has 0 bridgehead atoms. The van der Waals surface area contributed by atoms with E-state index >= 15 is 0 Å². The number of aromatic nitrogens is 4. The minimum absolute atomic E-state index is 0.539. The van der Waals surface area contributed by atoms with Crippen LogP contribution in [0.15, 0.2) is 48.7 Å². The molecule has 0 spiro atoms. The van der Waals surface area contributed by atoms with Crippen molar-refractivity contribution in [3.05, 3.63) is 76.1 Å². The van der Waals surface area contributed by atoms with Gasteiger partial charge in [-0.1, -0.05) is 48.9 Å². The molecular formula is C25H24ClN5. The molecule has 5 nitrogen and oxygen atoms in total. The fourth-order valence-corrected chi connectivity index (χ4v) is 4.52. The van der Waals surface area contributed by atoms with Gasteiger partial charge in [0.05, 0.1) is 27.8 Å². The average molecular weight is 430 g/mol. The van der Waals surface area contributed by atoms with E-state index in [1.54, 1.807) is 0 Å². The number of nitrogens with one attached hydrogen (secondary N) is 1. The maximum Gasteiger partial charge on any atom is 0.227 e. The molecule has 1 N–H and O–H groups in total. The molecule has 0 fully saturated rings. The molecule has 5 rings (SSSR count). The van der Waals surface area contributed by atoms with Crippen molar-refractivity contribution < 1.29 is 0 Å². The fourth-order valence-electron chi connectivity index (χ4n) is 4.27. The summed E-state index contributed by atoms with van der Waals surface area (Å²) < 4.78 is 1.98. The van der Waals surface area contributed by atoms with Crippen LogP contribution in [0.2, 0.25) is 5.02 Å².